The lowest BCUT2D eigenvalue weighted by Crippen LogP contribution is -2.42. The van der Waals surface area contributed by atoms with Crippen LogP contribution in [0.1, 0.15) is 63.4 Å². The number of hydrogen-bond acceptors (Lipinski definition) is 8. The molecule has 0 spiro atoms. The third kappa shape index (κ3) is 5.12. The van der Waals surface area contributed by atoms with Crippen LogP contribution < -0.4 is 14.2 Å². The van der Waals surface area contributed by atoms with Crippen LogP contribution in [0.25, 0.3) is 0 Å². The van der Waals surface area contributed by atoms with Crippen LogP contribution in [0.15, 0.2) is 16.5 Å². The fourth-order valence-corrected chi connectivity index (χ4v) is 3.88. The van der Waals surface area contributed by atoms with Crippen LogP contribution in [0.4, 0.5) is 0 Å². The summed E-state index contributed by atoms with van der Waals surface area (Å²) < 4.78 is 22.1. The van der Waals surface area contributed by atoms with Crippen LogP contribution in [-0.2, 0) is 22.4 Å². The average Bonchev–Trinajstić information content (AvgIpc) is 3.50. The third-order valence-corrected chi connectivity index (χ3v) is 6.33. The Balaban J connectivity index is 1.71. The summed E-state index contributed by atoms with van der Waals surface area (Å²) in [5.41, 5.74) is 0.277. The van der Waals surface area contributed by atoms with Crippen molar-refractivity contribution in [3.8, 4) is 17.2 Å². The van der Waals surface area contributed by atoms with Crippen molar-refractivity contribution in [2.45, 2.75) is 58.9 Å². The lowest BCUT2D eigenvalue weighted by Gasteiger charge is -2.26. The van der Waals surface area contributed by atoms with Crippen molar-refractivity contribution in [1.82, 2.24) is 15.1 Å². The van der Waals surface area contributed by atoms with Crippen LogP contribution in [0.3, 0.4) is 0 Å². The van der Waals surface area contributed by atoms with Crippen molar-refractivity contribution in [3.05, 3.63) is 29.5 Å². The Morgan fingerprint density at radius 2 is 1.76 bits per heavy atom. The number of carbonyl (C=O) groups is 2. The van der Waals surface area contributed by atoms with E-state index in [0.29, 0.717) is 61.3 Å². The fourth-order valence-electron chi connectivity index (χ4n) is 3.88. The zero-order chi connectivity index (χ0) is 24.2. The Bertz CT molecular complexity index is 975. The molecule has 33 heavy (non-hydrogen) atoms. The van der Waals surface area contributed by atoms with Crippen molar-refractivity contribution in [2.75, 3.05) is 27.9 Å². The number of nitrogens with zero attached hydrogens (tertiary/aromatic N) is 3. The standard InChI is InChI=1S/C24H33N3O6/c1-7-24(2,3)21(28)23(29)27-12-8-9-16(27)22-26-25-19(33-22)11-10-15-13-17(30-4)20(32-6)18(14-15)31-5/h13-14,16H,7-12H2,1-6H3/t16-/m0/s1. The highest BCUT2D eigenvalue weighted by Gasteiger charge is 2.40. The maximum absolute atomic E-state index is 12.9. The van der Waals surface area contributed by atoms with Gasteiger partial charge in [0.2, 0.25) is 23.3 Å². The van der Waals surface area contributed by atoms with Crippen LogP contribution in [0, 0.1) is 5.41 Å². The molecular weight excluding hydrogens is 426 g/mol. The van der Waals surface area contributed by atoms with Gasteiger partial charge in [-0.05, 0) is 43.4 Å². The van der Waals surface area contributed by atoms with Crippen LogP contribution in [0.2, 0.25) is 0 Å². The minimum absolute atomic E-state index is 0.364. The first-order chi connectivity index (χ1) is 15.7. The minimum atomic E-state index is -0.690. The number of amides is 1. The van der Waals surface area contributed by atoms with Crippen molar-refractivity contribution in [1.29, 1.82) is 0 Å². The van der Waals surface area contributed by atoms with Gasteiger partial charge >= 0.3 is 0 Å². The number of benzene rings is 1. The first kappa shape index (κ1) is 24.5. The quantitative estimate of drug-likeness (QED) is 0.497. The summed E-state index contributed by atoms with van der Waals surface area (Å²) in [4.78, 5) is 27.1. The first-order valence-corrected chi connectivity index (χ1v) is 11.2. The van der Waals surface area contributed by atoms with Gasteiger partial charge in [0, 0.05) is 18.4 Å². The predicted molar refractivity (Wildman–Crippen MR) is 121 cm³/mol. The number of aromatic nitrogens is 2. The molecule has 0 saturated carbocycles. The predicted octanol–water partition coefficient (Wildman–Crippen LogP) is 3.55. The molecule has 1 saturated heterocycles. The normalized spacial score (nSPS) is 16.1. The number of likely N-dealkylation sites (tertiary alicyclic amines) is 1. The molecule has 9 heteroatoms. The number of ketones is 1. The van der Waals surface area contributed by atoms with Gasteiger partial charge in [0.15, 0.2) is 11.5 Å². The number of carbonyl (C=O) groups excluding carboxylic acids is 2. The highest BCUT2D eigenvalue weighted by Crippen LogP contribution is 2.38. The Morgan fingerprint density at radius 3 is 2.33 bits per heavy atom. The minimum Gasteiger partial charge on any atom is -0.493 e. The number of hydrogen-bond donors (Lipinski definition) is 0. The van der Waals surface area contributed by atoms with E-state index in [0.717, 1.165) is 12.0 Å². The smallest absolute Gasteiger partial charge is 0.291 e. The molecule has 3 rings (SSSR count). The maximum atomic E-state index is 12.9. The largest absolute Gasteiger partial charge is 0.493 e. The Morgan fingerprint density at radius 1 is 1.09 bits per heavy atom. The number of ether oxygens (including phenoxy) is 3. The second kappa shape index (κ2) is 10.2. The van der Waals surface area contributed by atoms with E-state index in [2.05, 4.69) is 10.2 Å². The maximum Gasteiger partial charge on any atom is 0.291 e. The topological polar surface area (TPSA) is 104 Å². The number of methoxy groups -OCH3 is 3. The molecule has 9 nitrogen and oxygen atoms in total. The molecule has 1 atom stereocenters. The molecule has 1 aromatic heterocycles. The Hall–Kier alpha value is -3.10. The molecule has 1 amide bonds. The Kier molecular flexibility index (Phi) is 7.61. The summed E-state index contributed by atoms with van der Waals surface area (Å²) in [6, 6.07) is 3.41. The van der Waals surface area contributed by atoms with Gasteiger partial charge in [-0.15, -0.1) is 10.2 Å². The van der Waals surface area contributed by atoms with E-state index in [1.54, 1.807) is 40.1 Å². The van der Waals surface area contributed by atoms with Gasteiger partial charge in [-0.1, -0.05) is 20.8 Å². The molecule has 0 bridgehead atoms. The Labute approximate surface area is 194 Å². The summed E-state index contributed by atoms with van der Waals surface area (Å²) >= 11 is 0. The monoisotopic (exact) mass is 459 g/mol. The lowest BCUT2D eigenvalue weighted by atomic mass is 9.84. The molecule has 180 valence electrons. The molecular formula is C24H33N3O6. The number of Topliss-reactive ketones (excluding diaryl/α,β-unsaturated/α-hetero) is 1. The van der Waals surface area contributed by atoms with Crippen LogP contribution >= 0.6 is 0 Å². The number of rotatable bonds is 10. The third-order valence-electron chi connectivity index (χ3n) is 6.33. The van der Waals surface area contributed by atoms with E-state index in [4.69, 9.17) is 18.6 Å². The van der Waals surface area contributed by atoms with Crippen molar-refractivity contribution >= 4 is 11.7 Å². The van der Waals surface area contributed by atoms with Gasteiger partial charge in [-0.25, -0.2) is 0 Å². The summed E-state index contributed by atoms with van der Waals surface area (Å²) in [5.74, 6) is 1.70. The van der Waals surface area contributed by atoms with Crippen molar-refractivity contribution in [3.63, 3.8) is 0 Å². The molecule has 2 heterocycles. The molecule has 0 aliphatic carbocycles. The molecule has 2 aromatic rings. The zero-order valence-corrected chi connectivity index (χ0v) is 20.3. The average molecular weight is 460 g/mol. The van der Waals surface area contributed by atoms with Crippen molar-refractivity contribution in [2.24, 2.45) is 5.41 Å². The second-order valence-corrected chi connectivity index (χ2v) is 8.79. The fraction of sp³-hybridized carbons (Fsp3) is 0.583. The van der Waals surface area contributed by atoms with Crippen LogP contribution in [-0.4, -0.2) is 54.7 Å². The molecule has 0 radical (unpaired) electrons. The van der Waals surface area contributed by atoms with E-state index < -0.39 is 11.3 Å². The van der Waals surface area contributed by atoms with E-state index in [1.807, 2.05) is 19.1 Å². The lowest BCUT2D eigenvalue weighted by molar-refractivity contribution is -0.150. The molecule has 1 aliphatic heterocycles. The van der Waals surface area contributed by atoms with Gasteiger partial charge in [-0.2, -0.15) is 0 Å². The van der Waals surface area contributed by atoms with Gasteiger partial charge in [0.05, 0.1) is 21.3 Å². The highest BCUT2D eigenvalue weighted by atomic mass is 16.5. The van der Waals surface area contributed by atoms with Gasteiger partial charge in [0.25, 0.3) is 5.91 Å². The molecule has 0 N–H and O–H groups in total. The van der Waals surface area contributed by atoms with Crippen molar-refractivity contribution < 1.29 is 28.2 Å². The van der Waals surface area contributed by atoms with Gasteiger partial charge in [-0.3, -0.25) is 9.59 Å². The summed E-state index contributed by atoms with van der Waals surface area (Å²) in [5, 5.41) is 8.36. The summed E-state index contributed by atoms with van der Waals surface area (Å²) in [6.45, 7) is 6.02. The first-order valence-electron chi connectivity index (χ1n) is 11.2. The van der Waals surface area contributed by atoms with Crippen LogP contribution in [0.5, 0.6) is 17.2 Å². The molecule has 1 aromatic carbocycles. The molecule has 1 aliphatic rings. The summed E-state index contributed by atoms with van der Waals surface area (Å²) in [6.07, 6.45) is 3.21. The van der Waals surface area contributed by atoms with E-state index in [1.165, 1.54) is 0 Å². The summed E-state index contributed by atoms with van der Waals surface area (Å²) in [7, 11) is 4.71. The highest BCUT2D eigenvalue weighted by molar-refractivity contribution is 6.38. The second-order valence-electron chi connectivity index (χ2n) is 8.79. The zero-order valence-electron chi connectivity index (χ0n) is 20.3. The SMILES string of the molecule is CCC(C)(C)C(=O)C(=O)N1CCC[C@H]1c1nnc(CCc2cc(OC)c(OC)c(OC)c2)o1. The molecule has 1 fully saturated rings. The van der Waals surface area contributed by atoms with Gasteiger partial charge < -0.3 is 23.5 Å². The van der Waals surface area contributed by atoms with E-state index in [9.17, 15) is 9.59 Å². The van der Waals surface area contributed by atoms with E-state index in [-0.39, 0.29) is 11.8 Å². The van der Waals surface area contributed by atoms with Gasteiger partial charge in [0.1, 0.15) is 6.04 Å². The number of aryl methyl sites for hydroxylation is 2. The van der Waals surface area contributed by atoms with E-state index >= 15 is 0 Å². The molecule has 0 unspecified atom stereocenters.